The number of carbonyl (C=O) groups is 2. The number of hydrogen-bond donors (Lipinski definition) is 3. The Bertz CT molecular complexity index is 306. The van der Waals surface area contributed by atoms with Crippen LogP contribution >= 0.6 is 0 Å². The summed E-state index contributed by atoms with van der Waals surface area (Å²) >= 11 is 0. The maximum absolute atomic E-state index is 11.8. The first-order chi connectivity index (χ1) is 7.04. The third-order valence-corrected chi connectivity index (χ3v) is 1.60. The SMILES string of the molecule is CNC(=O)C(=O)NC1=CN[C@@H]1OC(F)F. The summed E-state index contributed by atoms with van der Waals surface area (Å²) in [6.45, 7) is -2.96. The van der Waals surface area contributed by atoms with Crippen molar-refractivity contribution < 1.29 is 23.1 Å². The minimum absolute atomic E-state index is 0.0869. The summed E-state index contributed by atoms with van der Waals surface area (Å²) in [7, 11) is 1.28. The van der Waals surface area contributed by atoms with E-state index in [1.165, 1.54) is 13.2 Å². The van der Waals surface area contributed by atoms with Crippen LogP contribution in [0.15, 0.2) is 11.9 Å². The molecule has 2 amide bonds. The van der Waals surface area contributed by atoms with Gasteiger partial charge in [0.2, 0.25) is 0 Å². The molecule has 0 saturated heterocycles. The Balaban J connectivity index is 2.41. The second kappa shape index (κ2) is 4.69. The molecule has 0 saturated carbocycles. The molecule has 15 heavy (non-hydrogen) atoms. The molecule has 0 fully saturated rings. The smallest absolute Gasteiger partial charge is 0.347 e. The van der Waals surface area contributed by atoms with Crippen LogP contribution in [-0.2, 0) is 14.3 Å². The van der Waals surface area contributed by atoms with Crippen molar-refractivity contribution in [1.82, 2.24) is 16.0 Å². The summed E-state index contributed by atoms with van der Waals surface area (Å²) < 4.78 is 27.6. The summed E-state index contributed by atoms with van der Waals surface area (Å²) in [5.41, 5.74) is 0.0869. The zero-order valence-electron chi connectivity index (χ0n) is 7.71. The predicted octanol–water partition coefficient (Wildman–Crippen LogP) is -1.14. The molecule has 1 atom stereocenters. The zero-order valence-corrected chi connectivity index (χ0v) is 7.71. The first-order valence-corrected chi connectivity index (χ1v) is 3.97. The van der Waals surface area contributed by atoms with Gasteiger partial charge in [0, 0.05) is 13.2 Å². The van der Waals surface area contributed by atoms with Gasteiger partial charge in [0.1, 0.15) is 0 Å². The third-order valence-electron chi connectivity index (χ3n) is 1.60. The van der Waals surface area contributed by atoms with Crippen LogP contribution < -0.4 is 16.0 Å². The molecule has 0 aromatic heterocycles. The number of nitrogens with one attached hydrogen (secondary N) is 3. The molecule has 0 aromatic rings. The monoisotopic (exact) mass is 221 g/mol. The van der Waals surface area contributed by atoms with Crippen LogP contribution in [0.2, 0.25) is 0 Å². The lowest BCUT2D eigenvalue weighted by molar-refractivity contribution is -0.165. The van der Waals surface area contributed by atoms with Crippen molar-refractivity contribution in [2.45, 2.75) is 12.8 Å². The van der Waals surface area contributed by atoms with Gasteiger partial charge in [0.25, 0.3) is 0 Å². The fourth-order valence-corrected chi connectivity index (χ4v) is 0.853. The molecular formula is C7H9F2N3O3. The topological polar surface area (TPSA) is 79.5 Å². The van der Waals surface area contributed by atoms with E-state index in [0.29, 0.717) is 0 Å². The fourth-order valence-electron chi connectivity index (χ4n) is 0.853. The number of alkyl halides is 2. The standard InChI is InChI=1S/C7H9F2N3O3/c1-10-4(13)5(14)12-3-2-11-6(3)15-7(8)9/h2,6-7,11H,1H3,(H,10,13)(H,12,14)/t6-/m1/s1. The van der Waals surface area contributed by atoms with Gasteiger partial charge in [-0.1, -0.05) is 0 Å². The maximum atomic E-state index is 11.8. The Labute approximate surface area is 83.7 Å². The molecule has 0 aromatic carbocycles. The average molecular weight is 221 g/mol. The first-order valence-electron chi connectivity index (χ1n) is 3.97. The lowest BCUT2D eigenvalue weighted by atomic mass is 10.3. The van der Waals surface area contributed by atoms with E-state index in [2.05, 4.69) is 20.7 Å². The van der Waals surface area contributed by atoms with Gasteiger partial charge in [-0.2, -0.15) is 8.78 Å². The van der Waals surface area contributed by atoms with Gasteiger partial charge >= 0.3 is 18.4 Å². The molecule has 3 N–H and O–H groups in total. The summed E-state index contributed by atoms with van der Waals surface area (Å²) in [5, 5.41) is 6.58. The summed E-state index contributed by atoms with van der Waals surface area (Å²) in [6.07, 6.45) is 0.173. The van der Waals surface area contributed by atoms with Gasteiger partial charge in [-0.05, 0) is 0 Å². The van der Waals surface area contributed by atoms with Gasteiger partial charge in [0.05, 0.1) is 5.70 Å². The van der Waals surface area contributed by atoms with Crippen molar-refractivity contribution in [3.63, 3.8) is 0 Å². The molecular weight excluding hydrogens is 212 g/mol. The Morgan fingerprint density at radius 3 is 2.60 bits per heavy atom. The summed E-state index contributed by atoms with van der Waals surface area (Å²) in [4.78, 5) is 21.7. The molecule has 0 spiro atoms. The number of halogens is 2. The molecule has 0 bridgehead atoms. The highest BCUT2D eigenvalue weighted by Crippen LogP contribution is 2.12. The molecule has 84 valence electrons. The van der Waals surface area contributed by atoms with E-state index in [4.69, 9.17) is 0 Å². The number of carbonyl (C=O) groups excluding carboxylic acids is 2. The van der Waals surface area contributed by atoms with Crippen LogP contribution in [-0.4, -0.2) is 31.7 Å². The van der Waals surface area contributed by atoms with Crippen LogP contribution in [0.1, 0.15) is 0 Å². The molecule has 1 rings (SSSR count). The molecule has 1 aliphatic rings. The molecule has 0 aliphatic carbocycles. The number of likely N-dealkylation sites (N-methyl/N-ethyl adjacent to an activating group) is 1. The van der Waals surface area contributed by atoms with E-state index in [9.17, 15) is 18.4 Å². The van der Waals surface area contributed by atoms with Crippen LogP contribution in [0.4, 0.5) is 8.78 Å². The Hall–Kier alpha value is -1.70. The van der Waals surface area contributed by atoms with E-state index in [1.807, 2.05) is 0 Å². The zero-order chi connectivity index (χ0) is 11.4. The highest BCUT2D eigenvalue weighted by Gasteiger charge is 2.27. The highest BCUT2D eigenvalue weighted by molar-refractivity contribution is 6.35. The molecule has 8 heteroatoms. The van der Waals surface area contributed by atoms with Crippen molar-refractivity contribution in [1.29, 1.82) is 0 Å². The van der Waals surface area contributed by atoms with E-state index >= 15 is 0 Å². The number of ether oxygens (including phenoxy) is 1. The van der Waals surface area contributed by atoms with Gasteiger partial charge < -0.3 is 16.0 Å². The van der Waals surface area contributed by atoms with Crippen LogP contribution in [0.5, 0.6) is 0 Å². The Morgan fingerprint density at radius 1 is 1.53 bits per heavy atom. The van der Waals surface area contributed by atoms with Crippen molar-refractivity contribution >= 4 is 11.8 Å². The quantitative estimate of drug-likeness (QED) is 0.526. The molecule has 0 unspecified atom stereocenters. The highest BCUT2D eigenvalue weighted by atomic mass is 19.3. The van der Waals surface area contributed by atoms with E-state index < -0.39 is 24.7 Å². The molecule has 6 nitrogen and oxygen atoms in total. The van der Waals surface area contributed by atoms with Crippen LogP contribution in [0, 0.1) is 0 Å². The van der Waals surface area contributed by atoms with Crippen molar-refractivity contribution in [3.8, 4) is 0 Å². The van der Waals surface area contributed by atoms with Gasteiger partial charge in [-0.25, -0.2) is 0 Å². The maximum Gasteiger partial charge on any atom is 0.347 e. The number of rotatable bonds is 3. The number of amides is 2. The first kappa shape index (κ1) is 11.4. The fraction of sp³-hybridized carbons (Fsp3) is 0.429. The third kappa shape index (κ3) is 2.88. The second-order valence-electron chi connectivity index (χ2n) is 2.58. The van der Waals surface area contributed by atoms with Gasteiger partial charge in [-0.3, -0.25) is 14.3 Å². The van der Waals surface area contributed by atoms with Crippen LogP contribution in [0.3, 0.4) is 0 Å². The Kier molecular flexibility index (Phi) is 3.56. The van der Waals surface area contributed by atoms with Crippen molar-refractivity contribution in [3.05, 3.63) is 11.9 Å². The van der Waals surface area contributed by atoms with Crippen LogP contribution in [0.25, 0.3) is 0 Å². The minimum atomic E-state index is -2.96. The van der Waals surface area contributed by atoms with Gasteiger partial charge in [-0.15, -0.1) is 0 Å². The average Bonchev–Trinajstić information content (AvgIpc) is 2.19. The van der Waals surface area contributed by atoms with Gasteiger partial charge in [0.15, 0.2) is 6.23 Å². The van der Waals surface area contributed by atoms with Crippen molar-refractivity contribution in [2.24, 2.45) is 0 Å². The summed E-state index contributed by atoms with van der Waals surface area (Å²) in [5.74, 6) is -1.80. The second-order valence-corrected chi connectivity index (χ2v) is 2.58. The van der Waals surface area contributed by atoms with E-state index in [1.54, 1.807) is 0 Å². The normalized spacial score (nSPS) is 18.7. The predicted molar refractivity (Wildman–Crippen MR) is 44.3 cm³/mol. The Morgan fingerprint density at radius 2 is 2.20 bits per heavy atom. The summed E-state index contributed by atoms with van der Waals surface area (Å²) in [6, 6.07) is 0. The molecule has 1 aliphatic heterocycles. The van der Waals surface area contributed by atoms with E-state index in [0.717, 1.165) is 0 Å². The molecule has 0 radical (unpaired) electrons. The number of hydrogen-bond acceptors (Lipinski definition) is 4. The lowest BCUT2D eigenvalue weighted by Crippen LogP contribution is -2.50. The lowest BCUT2D eigenvalue weighted by Gasteiger charge is -2.28. The molecule has 1 heterocycles. The minimum Gasteiger partial charge on any atom is -0.359 e. The van der Waals surface area contributed by atoms with E-state index in [-0.39, 0.29) is 5.70 Å². The van der Waals surface area contributed by atoms with Crippen molar-refractivity contribution in [2.75, 3.05) is 7.05 Å². The largest absolute Gasteiger partial charge is 0.359 e.